The lowest BCUT2D eigenvalue weighted by atomic mass is 10.2. The zero-order chi connectivity index (χ0) is 13.4. The van der Waals surface area contributed by atoms with E-state index in [0.29, 0.717) is 19.4 Å². The van der Waals surface area contributed by atoms with Crippen LogP contribution >= 0.6 is 0 Å². The number of aliphatic hydroxyl groups excluding tert-OH is 1. The minimum Gasteiger partial charge on any atom is -0.494 e. The highest BCUT2D eigenvalue weighted by Crippen LogP contribution is 2.12. The van der Waals surface area contributed by atoms with Crippen LogP contribution in [-0.4, -0.2) is 30.3 Å². The van der Waals surface area contributed by atoms with Crippen molar-refractivity contribution in [3.63, 3.8) is 0 Å². The number of aryl methyl sites for hydroxylation is 1. The molecule has 0 spiro atoms. The minimum atomic E-state index is -0.185. The van der Waals surface area contributed by atoms with Crippen molar-refractivity contribution < 1.29 is 14.6 Å². The highest BCUT2D eigenvalue weighted by atomic mass is 16.5. The van der Waals surface area contributed by atoms with Gasteiger partial charge in [0.1, 0.15) is 5.75 Å². The molecule has 1 unspecified atom stereocenters. The van der Waals surface area contributed by atoms with Crippen molar-refractivity contribution in [1.29, 1.82) is 0 Å². The van der Waals surface area contributed by atoms with Gasteiger partial charge in [-0.25, -0.2) is 0 Å². The number of nitrogens with one attached hydrogen (secondary N) is 1. The fourth-order valence-corrected chi connectivity index (χ4v) is 1.52. The molecule has 0 heterocycles. The van der Waals surface area contributed by atoms with E-state index in [1.54, 1.807) is 6.92 Å². The number of carbonyl (C=O) groups is 1. The Balaban J connectivity index is 2.17. The molecule has 4 heteroatoms. The fraction of sp³-hybridized carbons (Fsp3) is 0.500. The molecular formula is C14H21NO3. The molecule has 18 heavy (non-hydrogen) atoms. The van der Waals surface area contributed by atoms with Gasteiger partial charge in [-0.3, -0.25) is 4.79 Å². The van der Waals surface area contributed by atoms with E-state index in [0.717, 1.165) is 11.3 Å². The van der Waals surface area contributed by atoms with Crippen molar-refractivity contribution in [1.82, 2.24) is 5.32 Å². The van der Waals surface area contributed by atoms with E-state index in [-0.39, 0.29) is 18.6 Å². The van der Waals surface area contributed by atoms with Crippen molar-refractivity contribution in [2.45, 2.75) is 32.7 Å². The Morgan fingerprint density at radius 2 is 2.28 bits per heavy atom. The zero-order valence-corrected chi connectivity index (χ0v) is 11.0. The normalized spacial score (nSPS) is 11.9. The summed E-state index contributed by atoms with van der Waals surface area (Å²) in [5.74, 6) is 0.781. The van der Waals surface area contributed by atoms with E-state index < -0.39 is 0 Å². The van der Waals surface area contributed by atoms with Crippen LogP contribution in [-0.2, 0) is 4.79 Å². The summed E-state index contributed by atoms with van der Waals surface area (Å²) in [7, 11) is 0. The Hall–Kier alpha value is -1.55. The quantitative estimate of drug-likeness (QED) is 0.724. The first-order chi connectivity index (χ1) is 8.61. The highest BCUT2D eigenvalue weighted by molar-refractivity contribution is 5.76. The second-order valence-corrected chi connectivity index (χ2v) is 4.42. The van der Waals surface area contributed by atoms with Gasteiger partial charge in [0.05, 0.1) is 13.2 Å². The predicted molar refractivity (Wildman–Crippen MR) is 70.6 cm³/mol. The van der Waals surface area contributed by atoms with E-state index in [2.05, 4.69) is 5.32 Å². The number of rotatable bonds is 7. The second kappa shape index (κ2) is 7.71. The molecule has 0 aromatic heterocycles. The molecule has 2 N–H and O–H groups in total. The van der Waals surface area contributed by atoms with Gasteiger partial charge in [-0.05, 0) is 38.0 Å². The Kier molecular flexibility index (Phi) is 6.22. The maximum atomic E-state index is 11.4. The van der Waals surface area contributed by atoms with Gasteiger partial charge in [-0.1, -0.05) is 12.1 Å². The number of carbonyl (C=O) groups excluding carboxylic acids is 1. The topological polar surface area (TPSA) is 58.6 Å². The van der Waals surface area contributed by atoms with Crippen LogP contribution in [0.5, 0.6) is 5.75 Å². The van der Waals surface area contributed by atoms with Gasteiger partial charge in [-0.15, -0.1) is 0 Å². The summed E-state index contributed by atoms with van der Waals surface area (Å²) in [5, 5.41) is 11.5. The maximum absolute atomic E-state index is 11.4. The Morgan fingerprint density at radius 3 is 2.94 bits per heavy atom. The number of benzene rings is 1. The van der Waals surface area contributed by atoms with Crippen LogP contribution in [0.1, 0.15) is 25.3 Å². The van der Waals surface area contributed by atoms with Crippen molar-refractivity contribution in [3.05, 3.63) is 29.8 Å². The Labute approximate surface area is 108 Å². The Morgan fingerprint density at radius 1 is 1.50 bits per heavy atom. The Bertz CT molecular complexity index is 379. The first-order valence-electron chi connectivity index (χ1n) is 6.21. The molecule has 4 nitrogen and oxygen atoms in total. The summed E-state index contributed by atoms with van der Waals surface area (Å²) >= 11 is 0. The van der Waals surface area contributed by atoms with Crippen molar-refractivity contribution in [2.75, 3.05) is 13.2 Å². The molecule has 0 radical (unpaired) electrons. The van der Waals surface area contributed by atoms with Crippen molar-refractivity contribution >= 4 is 5.91 Å². The molecule has 0 bridgehead atoms. The van der Waals surface area contributed by atoms with Gasteiger partial charge in [-0.2, -0.15) is 0 Å². The molecule has 100 valence electrons. The molecule has 1 amide bonds. The van der Waals surface area contributed by atoms with E-state index >= 15 is 0 Å². The SMILES string of the molecule is Cc1cccc(OCCCC(=O)NC(C)CO)c1. The molecule has 1 atom stereocenters. The lowest BCUT2D eigenvalue weighted by molar-refractivity contribution is -0.122. The van der Waals surface area contributed by atoms with Crippen LogP contribution in [0.3, 0.4) is 0 Å². The molecule has 0 fully saturated rings. The van der Waals surface area contributed by atoms with Crippen LogP contribution in [0.2, 0.25) is 0 Å². The van der Waals surface area contributed by atoms with Gasteiger partial charge in [0.15, 0.2) is 0 Å². The molecule has 0 saturated heterocycles. The number of hydrogen-bond acceptors (Lipinski definition) is 3. The van der Waals surface area contributed by atoms with Crippen molar-refractivity contribution in [3.8, 4) is 5.75 Å². The standard InChI is InChI=1S/C14H21NO3/c1-11-5-3-6-13(9-11)18-8-4-7-14(17)15-12(2)10-16/h3,5-6,9,12,16H,4,7-8,10H2,1-2H3,(H,15,17). The molecule has 0 aliphatic rings. The third-order valence-electron chi connectivity index (χ3n) is 2.49. The second-order valence-electron chi connectivity index (χ2n) is 4.42. The highest BCUT2D eigenvalue weighted by Gasteiger charge is 2.05. The van der Waals surface area contributed by atoms with Crippen LogP contribution in [0, 0.1) is 6.92 Å². The summed E-state index contributed by atoms with van der Waals surface area (Å²) in [6.07, 6.45) is 1.08. The van der Waals surface area contributed by atoms with Gasteiger partial charge in [0, 0.05) is 12.5 Å². The number of hydrogen-bond donors (Lipinski definition) is 2. The predicted octanol–water partition coefficient (Wildman–Crippen LogP) is 1.65. The summed E-state index contributed by atoms with van der Waals surface area (Å²) in [4.78, 5) is 11.4. The average molecular weight is 251 g/mol. The smallest absolute Gasteiger partial charge is 0.220 e. The largest absolute Gasteiger partial charge is 0.494 e. The first-order valence-corrected chi connectivity index (χ1v) is 6.21. The lowest BCUT2D eigenvalue weighted by Gasteiger charge is -2.11. The molecule has 0 aliphatic heterocycles. The van der Waals surface area contributed by atoms with E-state index in [9.17, 15) is 4.79 Å². The first kappa shape index (κ1) is 14.5. The van der Waals surface area contributed by atoms with Gasteiger partial charge < -0.3 is 15.2 Å². The molecule has 0 saturated carbocycles. The molecular weight excluding hydrogens is 230 g/mol. The van der Waals surface area contributed by atoms with E-state index in [4.69, 9.17) is 9.84 Å². The van der Waals surface area contributed by atoms with Crippen molar-refractivity contribution in [2.24, 2.45) is 0 Å². The van der Waals surface area contributed by atoms with Crippen LogP contribution in [0.25, 0.3) is 0 Å². The lowest BCUT2D eigenvalue weighted by Crippen LogP contribution is -2.34. The van der Waals surface area contributed by atoms with Crippen LogP contribution < -0.4 is 10.1 Å². The number of ether oxygens (including phenoxy) is 1. The molecule has 1 aromatic rings. The van der Waals surface area contributed by atoms with Gasteiger partial charge in [0.2, 0.25) is 5.91 Å². The zero-order valence-electron chi connectivity index (χ0n) is 11.0. The van der Waals surface area contributed by atoms with Gasteiger partial charge in [0.25, 0.3) is 0 Å². The summed E-state index contributed by atoms with van der Waals surface area (Å²) in [5.41, 5.74) is 1.15. The van der Waals surface area contributed by atoms with E-state index in [1.807, 2.05) is 31.2 Å². The number of amides is 1. The molecule has 0 aliphatic carbocycles. The molecule has 1 aromatic carbocycles. The minimum absolute atomic E-state index is 0.0362. The summed E-state index contributed by atoms with van der Waals surface area (Å²) < 4.78 is 5.54. The fourth-order valence-electron chi connectivity index (χ4n) is 1.52. The maximum Gasteiger partial charge on any atom is 0.220 e. The third-order valence-corrected chi connectivity index (χ3v) is 2.49. The summed E-state index contributed by atoms with van der Waals surface area (Å²) in [6.45, 7) is 4.26. The molecule has 1 rings (SSSR count). The number of aliphatic hydroxyl groups is 1. The van der Waals surface area contributed by atoms with Crippen LogP contribution in [0.4, 0.5) is 0 Å². The van der Waals surface area contributed by atoms with E-state index in [1.165, 1.54) is 0 Å². The van der Waals surface area contributed by atoms with Gasteiger partial charge >= 0.3 is 0 Å². The van der Waals surface area contributed by atoms with Crippen LogP contribution in [0.15, 0.2) is 24.3 Å². The monoisotopic (exact) mass is 251 g/mol. The average Bonchev–Trinajstić information content (AvgIpc) is 2.34. The summed E-state index contributed by atoms with van der Waals surface area (Å²) in [6, 6.07) is 7.64. The third kappa shape index (κ3) is 5.68.